The monoisotopic (exact) mass is 270 g/mol. The van der Waals surface area contributed by atoms with Gasteiger partial charge >= 0.3 is 5.97 Å². The highest BCUT2D eigenvalue weighted by Gasteiger charge is 2.49. The molecule has 98 valence electrons. The average Bonchev–Trinajstić information content (AvgIpc) is 2.96. The Balaban J connectivity index is 2.54. The van der Waals surface area contributed by atoms with Gasteiger partial charge in [0, 0.05) is 11.0 Å². The maximum Gasteiger partial charge on any atom is 0.304 e. The molecule has 1 aliphatic carbocycles. The third kappa shape index (κ3) is 2.01. The van der Waals surface area contributed by atoms with Crippen molar-refractivity contribution in [3.63, 3.8) is 0 Å². The quantitative estimate of drug-likeness (QED) is 0.883. The summed E-state index contributed by atoms with van der Waals surface area (Å²) in [6.07, 6.45) is 1.54. The molecule has 0 heterocycles. The third-order valence-electron chi connectivity index (χ3n) is 3.48. The number of hydrogen-bond donors (Lipinski definition) is 2. The molecule has 4 nitrogen and oxygen atoms in total. The maximum atomic E-state index is 10.9. The van der Waals surface area contributed by atoms with Gasteiger partial charge in [-0.2, -0.15) is 0 Å². The summed E-state index contributed by atoms with van der Waals surface area (Å²) in [4.78, 5) is 10.9. The number of carbonyl (C=O) groups is 1. The van der Waals surface area contributed by atoms with Crippen LogP contribution in [0.5, 0.6) is 11.5 Å². The second-order valence-electron chi connectivity index (χ2n) is 4.78. The van der Waals surface area contributed by atoms with Crippen LogP contribution in [0.1, 0.15) is 30.4 Å². The number of aliphatic carboxylic acids is 1. The lowest BCUT2D eigenvalue weighted by atomic mass is 9.88. The van der Waals surface area contributed by atoms with Crippen LogP contribution in [0, 0.1) is 6.92 Å². The van der Waals surface area contributed by atoms with Gasteiger partial charge < -0.3 is 14.9 Å². The van der Waals surface area contributed by atoms with E-state index in [4.69, 9.17) is 21.4 Å². The molecule has 0 unspecified atom stereocenters. The van der Waals surface area contributed by atoms with Crippen molar-refractivity contribution < 1.29 is 19.7 Å². The Morgan fingerprint density at radius 3 is 2.61 bits per heavy atom. The molecule has 0 spiro atoms. The molecule has 2 N–H and O–H groups in total. The lowest BCUT2D eigenvalue weighted by Gasteiger charge is -2.20. The fraction of sp³-hybridized carbons (Fsp3) is 0.462. The number of aryl methyl sites for hydroxylation is 1. The van der Waals surface area contributed by atoms with E-state index in [0.717, 1.165) is 18.4 Å². The van der Waals surface area contributed by atoms with Crippen LogP contribution in [0.2, 0.25) is 5.02 Å². The SMILES string of the molecule is COc1c(Cl)cc(C)c(C2(CC(=O)O)CC2)c1O. The highest BCUT2D eigenvalue weighted by molar-refractivity contribution is 6.32. The van der Waals surface area contributed by atoms with Gasteiger partial charge in [-0.1, -0.05) is 11.6 Å². The predicted molar refractivity (Wildman–Crippen MR) is 67.6 cm³/mol. The van der Waals surface area contributed by atoms with Crippen molar-refractivity contribution in [1.29, 1.82) is 0 Å². The van der Waals surface area contributed by atoms with E-state index in [1.807, 2.05) is 6.92 Å². The highest BCUT2D eigenvalue weighted by Crippen LogP contribution is 2.57. The standard InChI is InChI=1S/C13H15ClO4/c1-7-5-8(14)12(18-2)11(17)10(7)13(3-4-13)6-9(15)16/h5,17H,3-4,6H2,1-2H3,(H,15,16). The number of ether oxygens (including phenoxy) is 1. The summed E-state index contributed by atoms with van der Waals surface area (Å²) in [7, 11) is 1.43. The zero-order chi connectivity index (χ0) is 13.5. The van der Waals surface area contributed by atoms with Crippen molar-refractivity contribution in [2.45, 2.75) is 31.6 Å². The minimum atomic E-state index is -0.861. The fourth-order valence-electron chi connectivity index (χ4n) is 2.56. The first kappa shape index (κ1) is 13.0. The Morgan fingerprint density at radius 2 is 2.17 bits per heavy atom. The van der Waals surface area contributed by atoms with Gasteiger partial charge in [0.05, 0.1) is 18.6 Å². The first-order valence-electron chi connectivity index (χ1n) is 5.69. The smallest absolute Gasteiger partial charge is 0.304 e. The molecular weight excluding hydrogens is 256 g/mol. The molecule has 1 aromatic rings. The number of phenolic OH excluding ortho intramolecular Hbond substituents is 1. The summed E-state index contributed by atoms with van der Waals surface area (Å²) in [5.74, 6) is -0.671. The van der Waals surface area contributed by atoms with E-state index in [-0.39, 0.29) is 17.9 Å². The van der Waals surface area contributed by atoms with E-state index in [0.29, 0.717) is 10.6 Å². The highest BCUT2D eigenvalue weighted by atomic mass is 35.5. The van der Waals surface area contributed by atoms with Gasteiger partial charge in [0.15, 0.2) is 11.5 Å². The van der Waals surface area contributed by atoms with Crippen LogP contribution in [-0.4, -0.2) is 23.3 Å². The van der Waals surface area contributed by atoms with Crippen LogP contribution in [-0.2, 0) is 10.2 Å². The molecule has 0 radical (unpaired) electrons. The van der Waals surface area contributed by atoms with Crippen molar-refractivity contribution in [3.05, 3.63) is 22.2 Å². The van der Waals surface area contributed by atoms with Crippen LogP contribution in [0.15, 0.2) is 6.07 Å². The number of halogens is 1. The molecule has 0 aromatic heterocycles. The normalized spacial score (nSPS) is 16.4. The molecule has 1 aliphatic rings. The lowest BCUT2D eigenvalue weighted by Crippen LogP contribution is -2.15. The van der Waals surface area contributed by atoms with Crippen LogP contribution in [0.25, 0.3) is 0 Å². The van der Waals surface area contributed by atoms with Gasteiger partial charge in [0.25, 0.3) is 0 Å². The topological polar surface area (TPSA) is 66.8 Å². The Kier molecular flexibility index (Phi) is 3.15. The van der Waals surface area contributed by atoms with Crippen LogP contribution in [0.3, 0.4) is 0 Å². The minimum absolute atomic E-state index is 0.0200. The average molecular weight is 271 g/mol. The molecule has 0 aliphatic heterocycles. The van der Waals surface area contributed by atoms with Gasteiger partial charge in [-0.25, -0.2) is 0 Å². The summed E-state index contributed by atoms with van der Waals surface area (Å²) in [6, 6.07) is 1.71. The number of phenols is 1. The Morgan fingerprint density at radius 1 is 1.56 bits per heavy atom. The third-order valence-corrected chi connectivity index (χ3v) is 3.76. The molecule has 1 aromatic carbocycles. The second-order valence-corrected chi connectivity index (χ2v) is 5.19. The Bertz CT molecular complexity index is 506. The van der Waals surface area contributed by atoms with Crippen LogP contribution < -0.4 is 4.74 Å². The number of carboxylic acid groups (broad SMARTS) is 1. The minimum Gasteiger partial charge on any atom is -0.504 e. The fourth-order valence-corrected chi connectivity index (χ4v) is 2.89. The summed E-state index contributed by atoms with van der Waals surface area (Å²) in [5, 5.41) is 19.5. The number of benzene rings is 1. The van der Waals surface area contributed by atoms with E-state index in [1.165, 1.54) is 7.11 Å². The van der Waals surface area contributed by atoms with Crippen LogP contribution >= 0.6 is 11.6 Å². The number of rotatable bonds is 4. The van der Waals surface area contributed by atoms with Crippen molar-refractivity contribution in [2.24, 2.45) is 0 Å². The number of aromatic hydroxyl groups is 1. The Labute approximate surface area is 110 Å². The van der Waals surface area contributed by atoms with Crippen molar-refractivity contribution >= 4 is 17.6 Å². The number of hydrogen-bond acceptors (Lipinski definition) is 3. The molecule has 0 bridgehead atoms. The number of carboxylic acids is 1. The molecule has 2 rings (SSSR count). The second kappa shape index (κ2) is 4.35. The van der Waals surface area contributed by atoms with Gasteiger partial charge in [-0.05, 0) is 31.4 Å². The summed E-state index contributed by atoms with van der Waals surface area (Å²) in [6.45, 7) is 1.82. The van der Waals surface area contributed by atoms with Crippen molar-refractivity contribution in [1.82, 2.24) is 0 Å². The zero-order valence-electron chi connectivity index (χ0n) is 10.3. The molecular formula is C13H15ClO4. The van der Waals surface area contributed by atoms with E-state index in [1.54, 1.807) is 6.07 Å². The first-order chi connectivity index (χ1) is 8.41. The van der Waals surface area contributed by atoms with E-state index in [2.05, 4.69) is 0 Å². The predicted octanol–water partition coefficient (Wildman–Crippen LogP) is 2.87. The molecule has 5 heteroatoms. The molecule has 1 saturated carbocycles. The van der Waals surface area contributed by atoms with E-state index < -0.39 is 11.4 Å². The Hall–Kier alpha value is -1.42. The molecule has 18 heavy (non-hydrogen) atoms. The summed E-state index contributed by atoms with van der Waals surface area (Å²) >= 11 is 5.98. The largest absolute Gasteiger partial charge is 0.504 e. The van der Waals surface area contributed by atoms with E-state index in [9.17, 15) is 9.90 Å². The van der Waals surface area contributed by atoms with Gasteiger partial charge in [-0.15, -0.1) is 0 Å². The maximum absolute atomic E-state index is 10.9. The van der Waals surface area contributed by atoms with E-state index >= 15 is 0 Å². The molecule has 0 amide bonds. The molecule has 0 saturated heterocycles. The van der Waals surface area contributed by atoms with Crippen LogP contribution in [0.4, 0.5) is 0 Å². The lowest BCUT2D eigenvalue weighted by molar-refractivity contribution is -0.137. The van der Waals surface area contributed by atoms with Gasteiger partial charge in [-0.3, -0.25) is 4.79 Å². The van der Waals surface area contributed by atoms with Gasteiger partial charge in [0.1, 0.15) is 0 Å². The van der Waals surface area contributed by atoms with Gasteiger partial charge in [0.2, 0.25) is 0 Å². The van der Waals surface area contributed by atoms with Crippen molar-refractivity contribution in [2.75, 3.05) is 7.11 Å². The molecule has 1 fully saturated rings. The summed E-state index contributed by atoms with van der Waals surface area (Å²) < 4.78 is 5.07. The zero-order valence-corrected chi connectivity index (χ0v) is 11.0. The van der Waals surface area contributed by atoms with Crippen molar-refractivity contribution in [3.8, 4) is 11.5 Å². The molecule has 0 atom stereocenters. The first-order valence-corrected chi connectivity index (χ1v) is 6.07. The summed E-state index contributed by atoms with van der Waals surface area (Å²) in [5.41, 5.74) is 1.00. The number of methoxy groups -OCH3 is 1.